The standard InChI is InChI=1S/C24H28N6O/c1-17-11-20(14-25-13-17)24(31)28-21-8-6-7-19(12-21)18(2)27-22-15-26-16-23(29-22)30-9-4-3-5-10-30/h6-8,11-16,18H,3-5,9-10H2,1-2H3,(H,27,29)(H,28,31)/t18-/m0/s1. The van der Waals surface area contributed by atoms with Gasteiger partial charge in [-0.05, 0) is 62.4 Å². The molecule has 1 amide bonds. The topological polar surface area (TPSA) is 83.0 Å². The Morgan fingerprint density at radius 2 is 1.84 bits per heavy atom. The number of amides is 1. The molecule has 1 saturated heterocycles. The van der Waals surface area contributed by atoms with Gasteiger partial charge in [-0.3, -0.25) is 14.8 Å². The van der Waals surface area contributed by atoms with Gasteiger partial charge >= 0.3 is 0 Å². The van der Waals surface area contributed by atoms with E-state index < -0.39 is 0 Å². The Labute approximate surface area is 183 Å². The van der Waals surface area contributed by atoms with E-state index in [1.807, 2.05) is 43.5 Å². The molecular weight excluding hydrogens is 388 g/mol. The Morgan fingerprint density at radius 1 is 1.03 bits per heavy atom. The van der Waals surface area contributed by atoms with Crippen LogP contribution in [-0.2, 0) is 0 Å². The lowest BCUT2D eigenvalue weighted by atomic mass is 10.1. The molecular formula is C24H28N6O. The van der Waals surface area contributed by atoms with Gasteiger partial charge in [0.15, 0.2) is 0 Å². The number of benzene rings is 1. The van der Waals surface area contributed by atoms with Gasteiger partial charge in [0.2, 0.25) is 0 Å². The van der Waals surface area contributed by atoms with Gasteiger partial charge in [0.05, 0.1) is 24.0 Å². The molecule has 7 heteroatoms. The number of nitrogens with zero attached hydrogens (tertiary/aromatic N) is 4. The fourth-order valence-corrected chi connectivity index (χ4v) is 3.77. The van der Waals surface area contributed by atoms with Crippen LogP contribution in [0.4, 0.5) is 17.3 Å². The molecule has 1 fully saturated rings. The van der Waals surface area contributed by atoms with E-state index >= 15 is 0 Å². The van der Waals surface area contributed by atoms with Gasteiger partial charge in [-0.25, -0.2) is 4.98 Å². The van der Waals surface area contributed by atoms with Crippen LogP contribution in [0.3, 0.4) is 0 Å². The SMILES string of the molecule is Cc1cncc(C(=O)Nc2cccc([C@H](C)Nc3cncc(N4CCCCC4)n3)c2)c1. The molecule has 160 valence electrons. The molecule has 31 heavy (non-hydrogen) atoms. The number of nitrogens with one attached hydrogen (secondary N) is 2. The first-order valence-corrected chi connectivity index (χ1v) is 10.7. The molecule has 0 unspecified atom stereocenters. The molecule has 3 heterocycles. The number of hydrogen-bond acceptors (Lipinski definition) is 6. The third-order valence-corrected chi connectivity index (χ3v) is 5.45. The largest absolute Gasteiger partial charge is 0.362 e. The Bertz CT molecular complexity index is 1050. The van der Waals surface area contributed by atoms with Crippen molar-refractivity contribution < 1.29 is 4.79 Å². The van der Waals surface area contributed by atoms with E-state index in [9.17, 15) is 4.79 Å². The molecule has 0 bridgehead atoms. The maximum Gasteiger partial charge on any atom is 0.257 e. The van der Waals surface area contributed by atoms with Crippen LogP contribution in [-0.4, -0.2) is 33.9 Å². The van der Waals surface area contributed by atoms with E-state index in [0.717, 1.165) is 41.5 Å². The number of piperidine rings is 1. The fraction of sp³-hybridized carbons (Fsp3) is 0.333. The van der Waals surface area contributed by atoms with E-state index in [0.29, 0.717) is 5.56 Å². The molecule has 7 nitrogen and oxygen atoms in total. The van der Waals surface area contributed by atoms with Gasteiger partial charge in [-0.15, -0.1) is 0 Å². The minimum absolute atomic E-state index is 0.00314. The maximum atomic E-state index is 12.5. The lowest BCUT2D eigenvalue weighted by Gasteiger charge is -2.27. The summed E-state index contributed by atoms with van der Waals surface area (Å²) in [5.41, 5.74) is 3.28. The number of anilines is 3. The molecule has 1 aromatic carbocycles. The summed E-state index contributed by atoms with van der Waals surface area (Å²) in [4.78, 5) is 28.1. The Kier molecular flexibility index (Phi) is 6.40. The zero-order valence-electron chi connectivity index (χ0n) is 18.0. The number of aryl methyl sites for hydroxylation is 1. The summed E-state index contributed by atoms with van der Waals surface area (Å²) < 4.78 is 0. The van der Waals surface area contributed by atoms with Crippen molar-refractivity contribution >= 4 is 23.2 Å². The summed E-state index contributed by atoms with van der Waals surface area (Å²) in [5, 5.41) is 6.39. The van der Waals surface area contributed by atoms with Crippen LogP contribution in [0.1, 0.15) is 53.7 Å². The average molecular weight is 417 g/mol. The highest BCUT2D eigenvalue weighted by Crippen LogP contribution is 2.23. The van der Waals surface area contributed by atoms with Crippen molar-refractivity contribution in [2.45, 2.75) is 39.2 Å². The van der Waals surface area contributed by atoms with Crippen molar-refractivity contribution in [1.82, 2.24) is 15.0 Å². The van der Waals surface area contributed by atoms with Gasteiger partial charge in [0, 0.05) is 31.2 Å². The minimum atomic E-state index is -0.172. The molecule has 0 spiro atoms. The predicted octanol–water partition coefficient (Wildman–Crippen LogP) is 4.60. The molecule has 0 radical (unpaired) electrons. The molecule has 3 aromatic rings. The Balaban J connectivity index is 1.43. The number of carbonyl (C=O) groups is 1. The zero-order chi connectivity index (χ0) is 21.6. The van der Waals surface area contributed by atoms with Crippen LogP contribution in [0.25, 0.3) is 0 Å². The van der Waals surface area contributed by atoms with Gasteiger partial charge in [0.25, 0.3) is 5.91 Å². The average Bonchev–Trinajstić information content (AvgIpc) is 2.80. The van der Waals surface area contributed by atoms with Crippen molar-refractivity contribution in [1.29, 1.82) is 0 Å². The molecule has 4 rings (SSSR count). The fourth-order valence-electron chi connectivity index (χ4n) is 3.77. The summed E-state index contributed by atoms with van der Waals surface area (Å²) >= 11 is 0. The first kappa shape index (κ1) is 20.8. The van der Waals surface area contributed by atoms with Gasteiger partial charge in [-0.2, -0.15) is 0 Å². The lowest BCUT2D eigenvalue weighted by molar-refractivity contribution is 0.102. The predicted molar refractivity (Wildman–Crippen MR) is 124 cm³/mol. The first-order valence-electron chi connectivity index (χ1n) is 10.7. The highest BCUT2D eigenvalue weighted by atomic mass is 16.1. The summed E-state index contributed by atoms with van der Waals surface area (Å²) in [6.45, 7) is 6.05. The number of carbonyl (C=O) groups excluding carboxylic acids is 1. The van der Waals surface area contributed by atoms with Gasteiger partial charge in [0.1, 0.15) is 11.6 Å². The number of pyridine rings is 1. The van der Waals surface area contributed by atoms with E-state index in [-0.39, 0.29) is 11.9 Å². The van der Waals surface area contributed by atoms with Crippen LogP contribution in [0.15, 0.2) is 55.1 Å². The number of hydrogen-bond donors (Lipinski definition) is 2. The molecule has 1 aliphatic rings. The summed E-state index contributed by atoms with van der Waals surface area (Å²) in [6.07, 6.45) is 10.6. The zero-order valence-corrected chi connectivity index (χ0v) is 18.0. The molecule has 0 saturated carbocycles. The van der Waals surface area contributed by atoms with Crippen LogP contribution in [0.2, 0.25) is 0 Å². The van der Waals surface area contributed by atoms with Crippen LogP contribution >= 0.6 is 0 Å². The van der Waals surface area contributed by atoms with Crippen LogP contribution < -0.4 is 15.5 Å². The molecule has 1 atom stereocenters. The molecule has 0 aliphatic carbocycles. The van der Waals surface area contributed by atoms with E-state index in [1.54, 1.807) is 18.6 Å². The van der Waals surface area contributed by atoms with Crippen molar-refractivity contribution in [3.63, 3.8) is 0 Å². The maximum absolute atomic E-state index is 12.5. The summed E-state index contributed by atoms with van der Waals surface area (Å²) in [5.74, 6) is 1.49. The van der Waals surface area contributed by atoms with E-state index in [1.165, 1.54) is 19.3 Å². The Morgan fingerprint density at radius 3 is 2.65 bits per heavy atom. The monoisotopic (exact) mass is 416 g/mol. The van der Waals surface area contributed by atoms with E-state index in [2.05, 4.69) is 32.4 Å². The second-order valence-electron chi connectivity index (χ2n) is 8.01. The number of rotatable bonds is 6. The summed E-state index contributed by atoms with van der Waals surface area (Å²) in [6, 6.07) is 9.65. The first-order chi connectivity index (χ1) is 15.1. The van der Waals surface area contributed by atoms with Crippen molar-refractivity contribution in [2.24, 2.45) is 0 Å². The van der Waals surface area contributed by atoms with E-state index in [4.69, 9.17) is 4.98 Å². The van der Waals surface area contributed by atoms with Crippen molar-refractivity contribution in [3.8, 4) is 0 Å². The van der Waals surface area contributed by atoms with Crippen molar-refractivity contribution in [2.75, 3.05) is 28.6 Å². The van der Waals surface area contributed by atoms with Gasteiger partial charge in [-0.1, -0.05) is 12.1 Å². The number of aromatic nitrogens is 3. The Hall–Kier alpha value is -3.48. The quantitative estimate of drug-likeness (QED) is 0.611. The molecule has 1 aliphatic heterocycles. The summed E-state index contributed by atoms with van der Waals surface area (Å²) in [7, 11) is 0. The third-order valence-electron chi connectivity index (χ3n) is 5.45. The minimum Gasteiger partial charge on any atom is -0.362 e. The highest BCUT2D eigenvalue weighted by Gasteiger charge is 2.14. The third kappa shape index (κ3) is 5.36. The second-order valence-corrected chi connectivity index (χ2v) is 8.01. The van der Waals surface area contributed by atoms with Crippen LogP contribution in [0, 0.1) is 6.92 Å². The normalized spacial score (nSPS) is 14.7. The van der Waals surface area contributed by atoms with Gasteiger partial charge < -0.3 is 15.5 Å². The smallest absolute Gasteiger partial charge is 0.257 e. The highest BCUT2D eigenvalue weighted by molar-refractivity contribution is 6.04. The van der Waals surface area contributed by atoms with Crippen molar-refractivity contribution in [3.05, 3.63) is 71.8 Å². The lowest BCUT2D eigenvalue weighted by Crippen LogP contribution is -2.30. The second kappa shape index (κ2) is 9.55. The van der Waals surface area contributed by atoms with Crippen LogP contribution in [0.5, 0.6) is 0 Å². The molecule has 2 N–H and O–H groups in total. The molecule has 2 aromatic heterocycles.